The number of benzene rings is 1. The van der Waals surface area contributed by atoms with Crippen LogP contribution in [0.5, 0.6) is 0 Å². The number of nitrogens with two attached hydrogens (primary N) is 1. The maximum absolute atomic E-state index is 6.40. The Morgan fingerprint density at radius 3 is 3.05 bits per heavy atom. The number of hydrogen-bond acceptors (Lipinski definition) is 3. The molecule has 0 bridgehead atoms. The molecule has 4 heteroatoms. The number of aryl methyl sites for hydroxylation is 1. The summed E-state index contributed by atoms with van der Waals surface area (Å²) in [6, 6.07) is 8.43. The van der Waals surface area contributed by atoms with Crippen molar-refractivity contribution >= 4 is 0 Å². The minimum absolute atomic E-state index is 0.00372. The summed E-state index contributed by atoms with van der Waals surface area (Å²) in [7, 11) is 0. The van der Waals surface area contributed by atoms with Gasteiger partial charge in [0.25, 0.3) is 0 Å². The van der Waals surface area contributed by atoms with Crippen LogP contribution in [0.1, 0.15) is 29.3 Å². The van der Waals surface area contributed by atoms with E-state index < -0.39 is 0 Å². The molecule has 0 radical (unpaired) electrons. The molecule has 1 aliphatic rings. The zero-order valence-electron chi connectivity index (χ0n) is 11.8. The fraction of sp³-hybridized carbons (Fsp3) is 0.438. The number of rotatable bonds is 4. The maximum Gasteiger partial charge on any atom is 0.0951 e. The molecule has 2 N–H and O–H groups in total. The zero-order chi connectivity index (χ0) is 13.9. The van der Waals surface area contributed by atoms with Gasteiger partial charge < -0.3 is 15.0 Å². The van der Waals surface area contributed by atoms with Gasteiger partial charge in [-0.25, -0.2) is 4.98 Å². The Bertz CT molecular complexity index is 573. The Morgan fingerprint density at radius 2 is 2.30 bits per heavy atom. The van der Waals surface area contributed by atoms with Gasteiger partial charge in [-0.15, -0.1) is 0 Å². The first kappa shape index (κ1) is 13.3. The molecule has 1 saturated heterocycles. The van der Waals surface area contributed by atoms with Crippen molar-refractivity contribution in [3.8, 4) is 0 Å². The minimum atomic E-state index is 0.00372. The average molecular weight is 271 g/mol. The third-order valence-corrected chi connectivity index (χ3v) is 4.16. The van der Waals surface area contributed by atoms with E-state index in [1.807, 2.05) is 12.5 Å². The summed E-state index contributed by atoms with van der Waals surface area (Å²) >= 11 is 0. The molecule has 2 unspecified atom stereocenters. The van der Waals surface area contributed by atoms with Gasteiger partial charge in [0.15, 0.2) is 0 Å². The summed E-state index contributed by atoms with van der Waals surface area (Å²) in [5, 5.41) is 0. The number of aromatic nitrogens is 2. The van der Waals surface area contributed by atoms with E-state index in [0.717, 1.165) is 31.9 Å². The van der Waals surface area contributed by atoms with E-state index in [0.29, 0.717) is 5.92 Å². The highest BCUT2D eigenvalue weighted by atomic mass is 16.5. The predicted octanol–water partition coefficient (Wildman–Crippen LogP) is 2.28. The lowest BCUT2D eigenvalue weighted by atomic mass is 9.97. The van der Waals surface area contributed by atoms with Crippen LogP contribution in [0.3, 0.4) is 0 Å². The average Bonchev–Trinajstić information content (AvgIpc) is 3.11. The van der Waals surface area contributed by atoms with Crippen LogP contribution in [0, 0.1) is 12.8 Å². The second-order valence-corrected chi connectivity index (χ2v) is 5.52. The van der Waals surface area contributed by atoms with Crippen LogP contribution in [-0.2, 0) is 11.3 Å². The maximum atomic E-state index is 6.40. The Hall–Kier alpha value is -1.65. The summed E-state index contributed by atoms with van der Waals surface area (Å²) in [6.45, 7) is 4.54. The first-order valence-electron chi connectivity index (χ1n) is 7.13. The lowest BCUT2D eigenvalue weighted by Crippen LogP contribution is -2.24. The first-order valence-corrected chi connectivity index (χ1v) is 7.13. The molecule has 0 amide bonds. The molecular weight excluding hydrogens is 250 g/mol. The highest BCUT2D eigenvalue weighted by Crippen LogP contribution is 2.27. The topological polar surface area (TPSA) is 53.1 Å². The van der Waals surface area contributed by atoms with Crippen molar-refractivity contribution in [2.75, 3.05) is 13.2 Å². The predicted molar refractivity (Wildman–Crippen MR) is 78.4 cm³/mol. The van der Waals surface area contributed by atoms with Crippen LogP contribution >= 0.6 is 0 Å². The SMILES string of the molecule is Cc1ccccc1Cn1cncc1C(N)C1CCOC1. The van der Waals surface area contributed by atoms with E-state index in [1.165, 1.54) is 11.1 Å². The summed E-state index contributed by atoms with van der Waals surface area (Å²) in [4.78, 5) is 4.28. The standard InChI is InChI=1S/C16H21N3O/c1-12-4-2-3-5-13(12)9-19-11-18-8-15(19)16(17)14-6-7-20-10-14/h2-5,8,11,14,16H,6-7,9-10,17H2,1H3. The summed E-state index contributed by atoms with van der Waals surface area (Å²) in [5.41, 5.74) is 10.1. The Morgan fingerprint density at radius 1 is 1.45 bits per heavy atom. The highest BCUT2D eigenvalue weighted by molar-refractivity contribution is 5.26. The van der Waals surface area contributed by atoms with Crippen LogP contribution in [-0.4, -0.2) is 22.8 Å². The van der Waals surface area contributed by atoms with Crippen molar-refractivity contribution < 1.29 is 4.74 Å². The second kappa shape index (κ2) is 5.77. The molecule has 3 rings (SSSR count). The first-order chi connectivity index (χ1) is 9.75. The van der Waals surface area contributed by atoms with Gasteiger partial charge in [-0.2, -0.15) is 0 Å². The normalized spacial score (nSPS) is 20.2. The van der Waals surface area contributed by atoms with Crippen LogP contribution in [0.25, 0.3) is 0 Å². The van der Waals surface area contributed by atoms with Gasteiger partial charge in [-0.3, -0.25) is 0 Å². The number of ether oxygens (including phenoxy) is 1. The van der Waals surface area contributed by atoms with Crippen LogP contribution in [0.4, 0.5) is 0 Å². The lowest BCUT2D eigenvalue weighted by Gasteiger charge is -2.20. The van der Waals surface area contributed by atoms with Gasteiger partial charge >= 0.3 is 0 Å². The minimum Gasteiger partial charge on any atom is -0.381 e. The van der Waals surface area contributed by atoms with Crippen molar-refractivity contribution in [3.63, 3.8) is 0 Å². The Labute approximate surface area is 119 Å². The van der Waals surface area contributed by atoms with Crippen molar-refractivity contribution in [3.05, 3.63) is 53.6 Å². The molecule has 2 heterocycles. The van der Waals surface area contributed by atoms with E-state index in [2.05, 4.69) is 40.7 Å². The van der Waals surface area contributed by atoms with Gasteiger partial charge in [-0.05, 0) is 24.5 Å². The van der Waals surface area contributed by atoms with Crippen LogP contribution < -0.4 is 5.73 Å². The van der Waals surface area contributed by atoms with Gasteiger partial charge in [0.1, 0.15) is 0 Å². The second-order valence-electron chi connectivity index (χ2n) is 5.52. The largest absolute Gasteiger partial charge is 0.381 e. The molecule has 1 aromatic carbocycles. The van der Waals surface area contributed by atoms with E-state index in [4.69, 9.17) is 10.5 Å². The van der Waals surface area contributed by atoms with Crippen molar-refractivity contribution in [2.45, 2.75) is 25.9 Å². The van der Waals surface area contributed by atoms with Crippen molar-refractivity contribution in [1.82, 2.24) is 9.55 Å². The smallest absolute Gasteiger partial charge is 0.0951 e. The third kappa shape index (κ3) is 2.62. The molecular formula is C16H21N3O. The Kier molecular flexibility index (Phi) is 3.85. The van der Waals surface area contributed by atoms with E-state index >= 15 is 0 Å². The van der Waals surface area contributed by atoms with Crippen LogP contribution in [0.15, 0.2) is 36.8 Å². The van der Waals surface area contributed by atoms with E-state index in [-0.39, 0.29) is 6.04 Å². The van der Waals surface area contributed by atoms with Crippen molar-refractivity contribution in [2.24, 2.45) is 11.7 Å². The van der Waals surface area contributed by atoms with Crippen molar-refractivity contribution in [1.29, 1.82) is 0 Å². The number of hydrogen-bond donors (Lipinski definition) is 1. The molecule has 0 aliphatic carbocycles. The molecule has 4 nitrogen and oxygen atoms in total. The molecule has 2 aromatic rings. The van der Waals surface area contributed by atoms with Gasteiger partial charge in [0, 0.05) is 25.3 Å². The van der Waals surface area contributed by atoms with Crippen LogP contribution in [0.2, 0.25) is 0 Å². The van der Waals surface area contributed by atoms with E-state index in [1.54, 1.807) is 0 Å². The molecule has 106 valence electrons. The number of nitrogens with zero attached hydrogens (tertiary/aromatic N) is 2. The fourth-order valence-electron chi connectivity index (χ4n) is 2.79. The third-order valence-electron chi connectivity index (χ3n) is 4.16. The van der Waals surface area contributed by atoms with Gasteiger partial charge in [-0.1, -0.05) is 24.3 Å². The number of imidazole rings is 1. The highest BCUT2D eigenvalue weighted by Gasteiger charge is 2.26. The summed E-state index contributed by atoms with van der Waals surface area (Å²) in [5.74, 6) is 0.405. The monoisotopic (exact) mass is 271 g/mol. The molecule has 0 saturated carbocycles. The zero-order valence-corrected chi connectivity index (χ0v) is 11.8. The summed E-state index contributed by atoms with van der Waals surface area (Å²) < 4.78 is 7.60. The molecule has 1 aromatic heterocycles. The molecule has 20 heavy (non-hydrogen) atoms. The van der Waals surface area contributed by atoms with E-state index in [9.17, 15) is 0 Å². The van der Waals surface area contributed by atoms with Gasteiger partial charge in [0.05, 0.1) is 24.7 Å². The summed E-state index contributed by atoms with van der Waals surface area (Å²) in [6.07, 6.45) is 4.80. The quantitative estimate of drug-likeness (QED) is 0.928. The fourth-order valence-corrected chi connectivity index (χ4v) is 2.79. The van der Waals surface area contributed by atoms with Gasteiger partial charge in [0.2, 0.25) is 0 Å². The molecule has 1 fully saturated rings. The molecule has 2 atom stereocenters. The Balaban J connectivity index is 1.81. The lowest BCUT2D eigenvalue weighted by molar-refractivity contribution is 0.180. The molecule has 1 aliphatic heterocycles. The molecule has 0 spiro atoms.